The van der Waals surface area contributed by atoms with Crippen molar-refractivity contribution in [1.82, 2.24) is 4.90 Å². The third-order valence-electron chi connectivity index (χ3n) is 6.71. The molecule has 0 aliphatic carbocycles. The van der Waals surface area contributed by atoms with E-state index in [9.17, 15) is 9.59 Å². The minimum absolute atomic E-state index is 0.383. The Morgan fingerprint density at radius 1 is 1.10 bits per heavy atom. The predicted octanol–water partition coefficient (Wildman–Crippen LogP) is 3.69. The molecule has 3 atom stereocenters. The molecule has 0 N–H and O–H groups in total. The summed E-state index contributed by atoms with van der Waals surface area (Å²) in [6, 6.07) is 9.87. The van der Waals surface area contributed by atoms with E-state index in [-0.39, 0.29) is 5.97 Å². The van der Waals surface area contributed by atoms with Crippen LogP contribution in [-0.4, -0.2) is 37.6 Å². The molecule has 158 valence electrons. The Balaban J connectivity index is 2.04. The Hall–Kier alpha value is -3.02. The molecule has 6 nitrogen and oxygen atoms in total. The van der Waals surface area contributed by atoms with Gasteiger partial charge in [-0.15, -0.1) is 0 Å². The number of hydrogen-bond donors (Lipinski definition) is 0. The average Bonchev–Trinajstić information content (AvgIpc) is 3.23. The normalized spacial score (nSPS) is 25.4. The van der Waals surface area contributed by atoms with E-state index in [0.717, 1.165) is 34.6 Å². The van der Waals surface area contributed by atoms with Gasteiger partial charge in [0.15, 0.2) is 0 Å². The monoisotopic (exact) mass is 409 g/mol. The van der Waals surface area contributed by atoms with Crippen LogP contribution in [0, 0.1) is 12.8 Å². The number of fused-ring (bicyclic) bond motifs is 3. The van der Waals surface area contributed by atoms with E-state index >= 15 is 0 Å². The van der Waals surface area contributed by atoms with Gasteiger partial charge in [-0.2, -0.15) is 0 Å². The molecule has 0 radical (unpaired) electrons. The SMILES string of the molecule is COC(=O)C1=C(C)N2CCc3ccoc3C2(C)C(C(=O)OC)C1c1ccc(C)cc1. The lowest BCUT2D eigenvalue weighted by Gasteiger charge is -2.54. The van der Waals surface area contributed by atoms with Crippen LogP contribution >= 0.6 is 0 Å². The van der Waals surface area contributed by atoms with E-state index in [1.165, 1.54) is 14.2 Å². The van der Waals surface area contributed by atoms with E-state index in [4.69, 9.17) is 13.9 Å². The first-order valence-electron chi connectivity index (χ1n) is 10.1. The highest BCUT2D eigenvalue weighted by Crippen LogP contribution is 2.55. The molecule has 4 rings (SSSR count). The number of carbonyl (C=O) groups is 2. The maximum Gasteiger partial charge on any atom is 0.336 e. The summed E-state index contributed by atoms with van der Waals surface area (Å²) in [5.74, 6) is -1.27. The summed E-state index contributed by atoms with van der Waals surface area (Å²) in [5, 5.41) is 0. The van der Waals surface area contributed by atoms with Crippen LogP contribution in [0.1, 0.15) is 42.2 Å². The second-order valence-electron chi connectivity index (χ2n) is 8.20. The summed E-state index contributed by atoms with van der Waals surface area (Å²) < 4.78 is 16.4. The van der Waals surface area contributed by atoms with Crippen molar-refractivity contribution in [3.8, 4) is 0 Å². The predicted molar refractivity (Wildman–Crippen MR) is 111 cm³/mol. The summed E-state index contributed by atoms with van der Waals surface area (Å²) >= 11 is 0. The number of hydrogen-bond acceptors (Lipinski definition) is 6. The van der Waals surface area contributed by atoms with Gasteiger partial charge in [0, 0.05) is 18.2 Å². The van der Waals surface area contributed by atoms with E-state index in [0.29, 0.717) is 12.1 Å². The standard InChI is InChI=1S/C24H27NO5/c1-14-6-8-16(9-7-14)19-18(22(26)28-4)15(2)25-12-10-17-11-13-30-21(17)24(25,3)20(19)23(27)29-5/h6-9,11,13,19-20H,10,12H2,1-5H3. The molecule has 3 unspecified atom stereocenters. The average molecular weight is 409 g/mol. The lowest BCUT2D eigenvalue weighted by Crippen LogP contribution is -2.59. The summed E-state index contributed by atoms with van der Waals surface area (Å²) in [6.07, 6.45) is 2.44. The summed E-state index contributed by atoms with van der Waals surface area (Å²) in [4.78, 5) is 28.4. The molecule has 1 aromatic carbocycles. The number of carbonyl (C=O) groups excluding carboxylic acids is 2. The van der Waals surface area contributed by atoms with Gasteiger partial charge in [0.25, 0.3) is 0 Å². The number of aryl methyl sites for hydroxylation is 1. The van der Waals surface area contributed by atoms with Crippen LogP contribution in [0.5, 0.6) is 0 Å². The molecule has 1 aromatic heterocycles. The zero-order valence-electron chi connectivity index (χ0n) is 18.0. The third kappa shape index (κ3) is 2.77. The Morgan fingerprint density at radius 3 is 2.43 bits per heavy atom. The molecule has 3 heterocycles. The van der Waals surface area contributed by atoms with Gasteiger partial charge in [0.2, 0.25) is 0 Å². The number of allylic oxidation sites excluding steroid dienone is 1. The van der Waals surface area contributed by atoms with E-state index in [2.05, 4.69) is 4.90 Å². The van der Waals surface area contributed by atoms with E-state index in [1.807, 2.05) is 51.1 Å². The lowest BCUT2D eigenvalue weighted by molar-refractivity contribution is -0.155. The molecule has 0 saturated heterocycles. The molecular formula is C24H27NO5. The van der Waals surface area contributed by atoms with Crippen molar-refractivity contribution >= 4 is 11.9 Å². The number of rotatable bonds is 3. The van der Waals surface area contributed by atoms with Crippen molar-refractivity contribution in [3.63, 3.8) is 0 Å². The highest BCUT2D eigenvalue weighted by Gasteiger charge is 2.59. The molecule has 0 bridgehead atoms. The first kappa shape index (κ1) is 20.3. The van der Waals surface area contributed by atoms with Crippen LogP contribution in [0.3, 0.4) is 0 Å². The quantitative estimate of drug-likeness (QED) is 0.720. The number of furan rings is 1. The van der Waals surface area contributed by atoms with Crippen molar-refractivity contribution in [2.45, 2.75) is 38.6 Å². The highest BCUT2D eigenvalue weighted by atomic mass is 16.5. The maximum absolute atomic E-state index is 13.3. The fourth-order valence-electron chi connectivity index (χ4n) is 5.26. The molecule has 30 heavy (non-hydrogen) atoms. The number of benzene rings is 1. The van der Waals surface area contributed by atoms with Gasteiger partial charge >= 0.3 is 11.9 Å². The first-order valence-corrected chi connectivity index (χ1v) is 10.1. The maximum atomic E-state index is 13.3. The molecule has 2 aliphatic rings. The minimum atomic E-state index is -0.790. The highest BCUT2D eigenvalue weighted by molar-refractivity contribution is 5.93. The molecule has 0 amide bonds. The summed E-state index contributed by atoms with van der Waals surface area (Å²) in [7, 11) is 2.76. The van der Waals surface area contributed by atoms with E-state index < -0.39 is 23.3 Å². The van der Waals surface area contributed by atoms with Crippen LogP contribution in [0.25, 0.3) is 0 Å². The number of nitrogens with zero attached hydrogens (tertiary/aromatic N) is 1. The van der Waals surface area contributed by atoms with Crippen molar-refractivity contribution in [3.05, 3.63) is 70.3 Å². The number of methoxy groups -OCH3 is 2. The van der Waals surface area contributed by atoms with Crippen LogP contribution in [0.2, 0.25) is 0 Å². The Bertz CT molecular complexity index is 1020. The van der Waals surface area contributed by atoms with Crippen molar-refractivity contribution < 1.29 is 23.5 Å². The Kier molecular flexibility index (Phi) is 4.96. The van der Waals surface area contributed by atoms with Crippen molar-refractivity contribution in [2.24, 2.45) is 5.92 Å². The smallest absolute Gasteiger partial charge is 0.336 e. The van der Waals surface area contributed by atoms with Crippen LogP contribution in [0.15, 0.2) is 52.3 Å². The topological polar surface area (TPSA) is 69.0 Å². The van der Waals surface area contributed by atoms with Gasteiger partial charge < -0.3 is 18.8 Å². The molecule has 0 spiro atoms. The van der Waals surface area contributed by atoms with Gasteiger partial charge in [-0.1, -0.05) is 29.8 Å². The second kappa shape index (κ2) is 7.35. The second-order valence-corrected chi connectivity index (χ2v) is 8.20. The Labute approximate surface area is 176 Å². The van der Waals surface area contributed by atoms with Crippen molar-refractivity contribution in [1.29, 1.82) is 0 Å². The van der Waals surface area contributed by atoms with Crippen LogP contribution in [0.4, 0.5) is 0 Å². The Morgan fingerprint density at radius 2 is 1.80 bits per heavy atom. The fraction of sp³-hybridized carbons (Fsp3) is 0.417. The largest absolute Gasteiger partial charge is 0.469 e. The van der Waals surface area contributed by atoms with Crippen LogP contribution < -0.4 is 0 Å². The molecule has 2 aliphatic heterocycles. The molecule has 0 saturated carbocycles. The van der Waals surface area contributed by atoms with Gasteiger partial charge in [0.05, 0.1) is 32.0 Å². The molecular weight excluding hydrogens is 382 g/mol. The number of esters is 2. The van der Waals surface area contributed by atoms with Crippen molar-refractivity contribution in [2.75, 3.05) is 20.8 Å². The fourth-order valence-corrected chi connectivity index (χ4v) is 5.26. The van der Waals surface area contributed by atoms with Gasteiger partial charge in [-0.3, -0.25) is 4.79 Å². The zero-order chi connectivity index (χ0) is 21.6. The molecule has 0 fully saturated rings. The van der Waals surface area contributed by atoms with Gasteiger partial charge in [-0.05, 0) is 44.4 Å². The van der Waals surface area contributed by atoms with Crippen LogP contribution in [-0.2, 0) is 31.0 Å². The molecule has 2 aromatic rings. The summed E-state index contributed by atoms with van der Waals surface area (Å²) in [6.45, 7) is 6.61. The van der Waals surface area contributed by atoms with Gasteiger partial charge in [-0.25, -0.2) is 4.79 Å². The third-order valence-corrected chi connectivity index (χ3v) is 6.71. The zero-order valence-corrected chi connectivity index (χ0v) is 18.0. The first-order chi connectivity index (χ1) is 14.3. The minimum Gasteiger partial charge on any atom is -0.469 e. The van der Waals surface area contributed by atoms with E-state index in [1.54, 1.807) is 6.26 Å². The van der Waals surface area contributed by atoms with Gasteiger partial charge in [0.1, 0.15) is 11.3 Å². The lowest BCUT2D eigenvalue weighted by atomic mass is 9.63. The molecule has 6 heteroatoms. The number of ether oxygens (including phenoxy) is 2. The summed E-state index contributed by atoms with van der Waals surface area (Å²) in [5.41, 5.74) is 3.56.